The lowest BCUT2D eigenvalue weighted by Crippen LogP contribution is -2.15. The second-order valence-electron chi connectivity index (χ2n) is 6.84. The molecule has 22 heavy (non-hydrogen) atoms. The van der Waals surface area contributed by atoms with E-state index in [9.17, 15) is 4.79 Å². The molecule has 1 atom stereocenters. The number of aromatic nitrogens is 2. The Morgan fingerprint density at radius 1 is 1.23 bits per heavy atom. The summed E-state index contributed by atoms with van der Waals surface area (Å²) in [5.41, 5.74) is 1.19. The molecule has 1 aromatic heterocycles. The Bertz CT molecular complexity index is 471. The van der Waals surface area contributed by atoms with Crippen LogP contribution in [0.1, 0.15) is 69.4 Å². The normalized spacial score (nSPS) is 23.4. The third-order valence-electron chi connectivity index (χ3n) is 5.10. The fraction of sp³-hybridized carbons (Fsp3) is 0.765. The van der Waals surface area contributed by atoms with Crippen LogP contribution in [0.15, 0.2) is 6.07 Å². The SMILES string of the molecule is O=C(CCC1CCNC1)Nc1cc(C2CCCCCC2)[nH]n1. The molecule has 2 aliphatic rings. The minimum absolute atomic E-state index is 0.0887. The summed E-state index contributed by atoms with van der Waals surface area (Å²) in [5, 5.41) is 13.7. The standard InChI is InChI=1S/C17H28N4O/c22-17(8-7-13-9-10-18-12-13)19-16-11-15(20-21-16)14-5-3-1-2-4-6-14/h11,13-14,18H,1-10,12H2,(H2,19,20,21,22). The van der Waals surface area contributed by atoms with Crippen LogP contribution < -0.4 is 10.6 Å². The lowest BCUT2D eigenvalue weighted by Gasteiger charge is -2.10. The van der Waals surface area contributed by atoms with E-state index >= 15 is 0 Å². The summed E-state index contributed by atoms with van der Waals surface area (Å²) in [6, 6.07) is 2.03. The van der Waals surface area contributed by atoms with Crippen molar-refractivity contribution in [3.8, 4) is 0 Å². The van der Waals surface area contributed by atoms with Crippen molar-refractivity contribution in [3.05, 3.63) is 11.8 Å². The number of hydrogen-bond donors (Lipinski definition) is 3. The van der Waals surface area contributed by atoms with Crippen LogP contribution in [0.4, 0.5) is 5.82 Å². The molecule has 1 aliphatic carbocycles. The van der Waals surface area contributed by atoms with Gasteiger partial charge in [-0.25, -0.2) is 0 Å². The second kappa shape index (κ2) is 7.77. The number of rotatable bonds is 5. The first-order valence-electron chi connectivity index (χ1n) is 8.87. The first-order valence-corrected chi connectivity index (χ1v) is 8.87. The Kier molecular flexibility index (Phi) is 5.48. The molecule has 2 heterocycles. The molecule has 1 saturated carbocycles. The van der Waals surface area contributed by atoms with Crippen molar-refractivity contribution in [2.75, 3.05) is 18.4 Å². The first kappa shape index (κ1) is 15.5. The maximum atomic E-state index is 12.0. The van der Waals surface area contributed by atoms with Crippen LogP contribution in [0, 0.1) is 5.92 Å². The van der Waals surface area contributed by atoms with Gasteiger partial charge in [0, 0.05) is 24.1 Å². The van der Waals surface area contributed by atoms with E-state index in [4.69, 9.17) is 0 Å². The van der Waals surface area contributed by atoms with E-state index in [2.05, 4.69) is 20.8 Å². The van der Waals surface area contributed by atoms with Gasteiger partial charge >= 0.3 is 0 Å². The van der Waals surface area contributed by atoms with E-state index in [1.54, 1.807) is 0 Å². The van der Waals surface area contributed by atoms with Gasteiger partial charge in [0.15, 0.2) is 5.82 Å². The van der Waals surface area contributed by atoms with Gasteiger partial charge in [0.2, 0.25) is 5.91 Å². The quantitative estimate of drug-likeness (QED) is 0.732. The van der Waals surface area contributed by atoms with Gasteiger partial charge in [-0.15, -0.1) is 0 Å². The number of H-pyrrole nitrogens is 1. The van der Waals surface area contributed by atoms with Gasteiger partial charge in [-0.05, 0) is 44.7 Å². The predicted molar refractivity (Wildman–Crippen MR) is 87.9 cm³/mol. The predicted octanol–water partition coefficient (Wildman–Crippen LogP) is 3.18. The average Bonchev–Trinajstić information content (AvgIpc) is 3.12. The van der Waals surface area contributed by atoms with Crippen LogP contribution in [0.3, 0.4) is 0 Å². The molecule has 2 fully saturated rings. The first-order chi connectivity index (χ1) is 10.8. The van der Waals surface area contributed by atoms with E-state index < -0.39 is 0 Å². The highest BCUT2D eigenvalue weighted by Crippen LogP contribution is 2.31. The number of aromatic amines is 1. The molecule has 1 unspecified atom stereocenters. The minimum Gasteiger partial charge on any atom is -0.316 e. The summed E-state index contributed by atoms with van der Waals surface area (Å²) in [6.07, 6.45) is 10.6. The smallest absolute Gasteiger partial charge is 0.225 e. The van der Waals surface area contributed by atoms with Gasteiger partial charge in [0.25, 0.3) is 0 Å². The summed E-state index contributed by atoms with van der Waals surface area (Å²) in [6.45, 7) is 2.15. The van der Waals surface area contributed by atoms with Crippen molar-refractivity contribution in [2.45, 2.75) is 63.7 Å². The molecule has 1 aliphatic heterocycles. The van der Waals surface area contributed by atoms with Crippen molar-refractivity contribution in [2.24, 2.45) is 5.92 Å². The van der Waals surface area contributed by atoms with E-state index in [1.165, 1.54) is 50.6 Å². The number of amides is 1. The molecule has 122 valence electrons. The molecule has 0 spiro atoms. The topological polar surface area (TPSA) is 69.8 Å². The lowest BCUT2D eigenvalue weighted by atomic mass is 9.97. The van der Waals surface area contributed by atoms with Crippen LogP contribution in [0.2, 0.25) is 0 Å². The summed E-state index contributed by atoms with van der Waals surface area (Å²) in [5.74, 6) is 2.02. The summed E-state index contributed by atoms with van der Waals surface area (Å²) >= 11 is 0. The van der Waals surface area contributed by atoms with Crippen molar-refractivity contribution < 1.29 is 4.79 Å². The number of hydrogen-bond acceptors (Lipinski definition) is 3. The third kappa shape index (κ3) is 4.32. The average molecular weight is 304 g/mol. The Morgan fingerprint density at radius 2 is 2.05 bits per heavy atom. The molecule has 3 N–H and O–H groups in total. The van der Waals surface area contributed by atoms with Crippen molar-refractivity contribution in [1.82, 2.24) is 15.5 Å². The molecular weight excluding hydrogens is 276 g/mol. The Balaban J connectivity index is 1.46. The van der Waals surface area contributed by atoms with Gasteiger partial charge in [-0.3, -0.25) is 9.89 Å². The molecule has 5 heteroatoms. The molecule has 0 aromatic carbocycles. The van der Waals surface area contributed by atoms with Crippen molar-refractivity contribution in [1.29, 1.82) is 0 Å². The highest BCUT2D eigenvalue weighted by molar-refractivity contribution is 5.89. The van der Waals surface area contributed by atoms with E-state index in [0.717, 1.165) is 19.5 Å². The zero-order valence-electron chi connectivity index (χ0n) is 13.4. The fourth-order valence-corrected chi connectivity index (χ4v) is 3.70. The number of carbonyl (C=O) groups is 1. The van der Waals surface area contributed by atoms with Gasteiger partial charge < -0.3 is 10.6 Å². The Morgan fingerprint density at radius 3 is 2.77 bits per heavy atom. The maximum absolute atomic E-state index is 12.0. The van der Waals surface area contributed by atoms with Crippen LogP contribution in [0.25, 0.3) is 0 Å². The molecule has 1 aromatic rings. The Labute approximate surface area is 132 Å². The molecule has 1 amide bonds. The maximum Gasteiger partial charge on any atom is 0.225 e. The van der Waals surface area contributed by atoms with E-state index in [0.29, 0.717) is 24.1 Å². The highest BCUT2D eigenvalue weighted by atomic mass is 16.1. The van der Waals surface area contributed by atoms with Crippen LogP contribution in [-0.2, 0) is 4.79 Å². The number of carbonyl (C=O) groups excluding carboxylic acids is 1. The highest BCUT2D eigenvalue weighted by Gasteiger charge is 2.18. The van der Waals surface area contributed by atoms with Gasteiger partial charge in [-0.1, -0.05) is 25.7 Å². The molecular formula is C17H28N4O. The fourth-order valence-electron chi connectivity index (χ4n) is 3.70. The number of anilines is 1. The summed E-state index contributed by atoms with van der Waals surface area (Å²) in [7, 11) is 0. The second-order valence-corrected chi connectivity index (χ2v) is 6.84. The molecule has 0 radical (unpaired) electrons. The van der Waals surface area contributed by atoms with E-state index in [1.807, 2.05) is 6.07 Å². The van der Waals surface area contributed by atoms with Gasteiger partial charge in [0.05, 0.1) is 0 Å². The lowest BCUT2D eigenvalue weighted by molar-refractivity contribution is -0.116. The minimum atomic E-state index is 0.0887. The van der Waals surface area contributed by atoms with Gasteiger partial charge in [-0.2, -0.15) is 5.10 Å². The molecule has 1 saturated heterocycles. The summed E-state index contributed by atoms with van der Waals surface area (Å²) in [4.78, 5) is 12.0. The van der Waals surface area contributed by atoms with Crippen molar-refractivity contribution in [3.63, 3.8) is 0 Å². The van der Waals surface area contributed by atoms with Crippen LogP contribution >= 0.6 is 0 Å². The van der Waals surface area contributed by atoms with E-state index in [-0.39, 0.29) is 5.91 Å². The molecule has 0 bridgehead atoms. The molecule has 5 nitrogen and oxygen atoms in total. The third-order valence-corrected chi connectivity index (χ3v) is 5.10. The zero-order chi connectivity index (χ0) is 15.2. The Hall–Kier alpha value is -1.36. The molecule has 3 rings (SSSR count). The van der Waals surface area contributed by atoms with Crippen LogP contribution in [0.5, 0.6) is 0 Å². The number of nitrogens with one attached hydrogen (secondary N) is 3. The monoisotopic (exact) mass is 304 g/mol. The van der Waals surface area contributed by atoms with Crippen LogP contribution in [-0.4, -0.2) is 29.2 Å². The zero-order valence-corrected chi connectivity index (χ0v) is 13.4. The summed E-state index contributed by atoms with van der Waals surface area (Å²) < 4.78 is 0. The largest absolute Gasteiger partial charge is 0.316 e. The number of nitrogens with zero attached hydrogens (tertiary/aromatic N) is 1. The van der Waals surface area contributed by atoms with Gasteiger partial charge in [0.1, 0.15) is 0 Å². The van der Waals surface area contributed by atoms with Crippen molar-refractivity contribution >= 4 is 11.7 Å².